The number of nitrogens with one attached hydrogen (secondary N) is 2. The Morgan fingerprint density at radius 2 is 1.72 bits per heavy atom. The van der Waals surface area contributed by atoms with Gasteiger partial charge in [-0.3, -0.25) is 15.0 Å². The molecule has 2 aromatic rings. The molecular formula is C21H23N3O5. The first-order chi connectivity index (χ1) is 13.8. The Bertz CT molecular complexity index is 937. The van der Waals surface area contributed by atoms with Crippen LogP contribution in [-0.4, -0.2) is 36.6 Å². The zero-order valence-electron chi connectivity index (χ0n) is 16.7. The van der Waals surface area contributed by atoms with Gasteiger partial charge in [-0.05, 0) is 49.6 Å². The van der Waals surface area contributed by atoms with Gasteiger partial charge in [-0.2, -0.15) is 5.01 Å². The molecule has 0 unspecified atom stereocenters. The lowest BCUT2D eigenvalue weighted by molar-refractivity contribution is -0.139. The maximum Gasteiger partial charge on any atom is 0.344 e. The molecule has 1 aliphatic heterocycles. The quantitative estimate of drug-likeness (QED) is 0.729. The summed E-state index contributed by atoms with van der Waals surface area (Å²) in [5, 5.41) is 3.30. The van der Waals surface area contributed by atoms with Gasteiger partial charge in [-0.25, -0.2) is 4.79 Å². The molecule has 1 atom stereocenters. The van der Waals surface area contributed by atoms with E-state index in [1.807, 2.05) is 32.0 Å². The second-order valence-corrected chi connectivity index (χ2v) is 6.97. The third-order valence-corrected chi connectivity index (χ3v) is 4.85. The van der Waals surface area contributed by atoms with Gasteiger partial charge in [-0.15, -0.1) is 0 Å². The van der Waals surface area contributed by atoms with Gasteiger partial charge in [0, 0.05) is 0 Å². The number of para-hydroxylation sites is 1. The Labute approximate surface area is 168 Å². The second kappa shape index (κ2) is 7.83. The molecule has 0 saturated carbocycles. The summed E-state index contributed by atoms with van der Waals surface area (Å²) in [6.07, 6.45) is 0. The van der Waals surface area contributed by atoms with Crippen molar-refractivity contribution >= 4 is 17.8 Å². The number of aryl methyl sites for hydroxylation is 2. The number of rotatable bonds is 6. The van der Waals surface area contributed by atoms with Gasteiger partial charge in [0.25, 0.3) is 11.8 Å². The lowest BCUT2D eigenvalue weighted by Crippen LogP contribution is -2.49. The lowest BCUT2D eigenvalue weighted by Gasteiger charge is -2.22. The minimum atomic E-state index is -1.30. The zero-order valence-corrected chi connectivity index (χ0v) is 16.7. The largest absolute Gasteiger partial charge is 0.497 e. The molecule has 0 bridgehead atoms. The van der Waals surface area contributed by atoms with Crippen LogP contribution in [0.4, 0.5) is 4.79 Å². The fourth-order valence-corrected chi connectivity index (χ4v) is 3.18. The normalized spacial score (nSPS) is 18.4. The summed E-state index contributed by atoms with van der Waals surface area (Å²) in [6, 6.07) is 11.7. The smallest absolute Gasteiger partial charge is 0.344 e. The molecule has 2 aromatic carbocycles. The number of urea groups is 1. The third-order valence-electron chi connectivity index (χ3n) is 4.85. The minimum absolute atomic E-state index is 0.331. The van der Waals surface area contributed by atoms with Crippen molar-refractivity contribution in [3.05, 3.63) is 59.2 Å². The highest BCUT2D eigenvalue weighted by Crippen LogP contribution is 2.29. The van der Waals surface area contributed by atoms with E-state index in [0.717, 1.165) is 11.1 Å². The van der Waals surface area contributed by atoms with Crippen molar-refractivity contribution in [3.63, 3.8) is 0 Å². The number of carbonyl (C=O) groups excluding carboxylic acids is 3. The molecule has 1 aliphatic rings. The van der Waals surface area contributed by atoms with E-state index in [1.165, 1.54) is 7.11 Å². The van der Waals surface area contributed by atoms with Gasteiger partial charge < -0.3 is 14.8 Å². The molecular weight excluding hydrogens is 374 g/mol. The number of hydrogen-bond acceptors (Lipinski definition) is 5. The summed E-state index contributed by atoms with van der Waals surface area (Å²) >= 11 is 0. The molecule has 0 aliphatic carbocycles. The Hall–Kier alpha value is -3.55. The Morgan fingerprint density at radius 3 is 2.31 bits per heavy atom. The standard InChI is InChI=1S/C21H23N3O5/c1-13-6-5-7-14(2)18(13)29-12-17(25)23-24-19(26)21(3,22-20(24)27)15-8-10-16(28-4)11-9-15/h5-11H,12H2,1-4H3,(H,22,27)(H,23,25)/t21-/m0/s1. The van der Waals surface area contributed by atoms with E-state index in [-0.39, 0.29) is 6.61 Å². The highest BCUT2D eigenvalue weighted by molar-refractivity contribution is 6.08. The predicted molar refractivity (Wildman–Crippen MR) is 105 cm³/mol. The second-order valence-electron chi connectivity index (χ2n) is 6.97. The van der Waals surface area contributed by atoms with Crippen LogP contribution in [0.1, 0.15) is 23.6 Å². The summed E-state index contributed by atoms with van der Waals surface area (Å²) in [6.45, 7) is 4.99. The van der Waals surface area contributed by atoms with Crippen LogP contribution >= 0.6 is 0 Å². The van der Waals surface area contributed by atoms with Crippen molar-refractivity contribution in [3.8, 4) is 11.5 Å². The van der Waals surface area contributed by atoms with Gasteiger partial charge in [0.2, 0.25) is 0 Å². The predicted octanol–water partition coefficient (Wildman–Crippen LogP) is 2.19. The van der Waals surface area contributed by atoms with Crippen molar-refractivity contribution in [1.29, 1.82) is 0 Å². The Balaban J connectivity index is 1.68. The van der Waals surface area contributed by atoms with Crippen LogP contribution in [-0.2, 0) is 15.1 Å². The summed E-state index contributed by atoms with van der Waals surface area (Å²) < 4.78 is 10.7. The van der Waals surface area contributed by atoms with Gasteiger partial charge >= 0.3 is 6.03 Å². The SMILES string of the molecule is COc1ccc([C@]2(C)NC(=O)N(NC(=O)COc3c(C)cccc3C)C2=O)cc1. The zero-order chi connectivity index (χ0) is 21.2. The molecule has 1 saturated heterocycles. The number of methoxy groups -OCH3 is 1. The third kappa shape index (κ3) is 3.87. The molecule has 2 N–H and O–H groups in total. The van der Waals surface area contributed by atoms with Crippen LogP contribution in [0, 0.1) is 13.8 Å². The van der Waals surface area contributed by atoms with Crippen LogP contribution in [0.25, 0.3) is 0 Å². The Kier molecular flexibility index (Phi) is 5.45. The maximum absolute atomic E-state index is 12.9. The van der Waals surface area contributed by atoms with E-state index >= 15 is 0 Å². The molecule has 8 nitrogen and oxygen atoms in total. The van der Waals surface area contributed by atoms with E-state index in [1.54, 1.807) is 31.2 Å². The molecule has 0 spiro atoms. The first kappa shape index (κ1) is 20.2. The number of nitrogens with zero attached hydrogens (tertiary/aromatic N) is 1. The molecule has 0 radical (unpaired) electrons. The number of benzene rings is 2. The molecule has 1 fully saturated rings. The average molecular weight is 397 g/mol. The van der Waals surface area contributed by atoms with E-state index in [9.17, 15) is 14.4 Å². The van der Waals surface area contributed by atoms with Crippen molar-refractivity contribution in [2.75, 3.05) is 13.7 Å². The van der Waals surface area contributed by atoms with Crippen molar-refractivity contribution < 1.29 is 23.9 Å². The average Bonchev–Trinajstić information content (AvgIpc) is 2.91. The van der Waals surface area contributed by atoms with Crippen LogP contribution in [0.5, 0.6) is 11.5 Å². The molecule has 0 aromatic heterocycles. The molecule has 3 rings (SSSR count). The Morgan fingerprint density at radius 1 is 1.10 bits per heavy atom. The molecule has 152 valence electrons. The van der Waals surface area contributed by atoms with Gasteiger partial charge in [-0.1, -0.05) is 30.3 Å². The van der Waals surface area contributed by atoms with Gasteiger partial charge in [0.1, 0.15) is 17.0 Å². The highest BCUT2D eigenvalue weighted by atomic mass is 16.5. The van der Waals surface area contributed by atoms with Crippen molar-refractivity contribution in [2.45, 2.75) is 26.3 Å². The summed E-state index contributed by atoms with van der Waals surface area (Å²) in [5.41, 5.74) is 3.36. The van der Waals surface area contributed by atoms with Crippen molar-refractivity contribution in [1.82, 2.24) is 15.8 Å². The van der Waals surface area contributed by atoms with E-state index in [2.05, 4.69) is 10.7 Å². The first-order valence-electron chi connectivity index (χ1n) is 9.06. The maximum atomic E-state index is 12.9. The number of imide groups is 1. The van der Waals surface area contributed by atoms with Crippen LogP contribution < -0.4 is 20.2 Å². The summed E-state index contributed by atoms with van der Waals surface area (Å²) in [7, 11) is 1.54. The van der Waals surface area contributed by atoms with Crippen LogP contribution in [0.2, 0.25) is 0 Å². The van der Waals surface area contributed by atoms with E-state index in [0.29, 0.717) is 22.1 Å². The lowest BCUT2D eigenvalue weighted by atomic mass is 9.92. The fraction of sp³-hybridized carbons (Fsp3) is 0.286. The number of amides is 4. The number of hydrazine groups is 1. The molecule has 8 heteroatoms. The van der Waals surface area contributed by atoms with E-state index < -0.39 is 23.4 Å². The number of carbonyl (C=O) groups is 3. The van der Waals surface area contributed by atoms with Gasteiger partial charge in [0.05, 0.1) is 7.11 Å². The number of ether oxygens (including phenoxy) is 2. The monoisotopic (exact) mass is 397 g/mol. The first-order valence-corrected chi connectivity index (χ1v) is 9.06. The highest BCUT2D eigenvalue weighted by Gasteiger charge is 2.50. The molecule has 29 heavy (non-hydrogen) atoms. The minimum Gasteiger partial charge on any atom is -0.497 e. The van der Waals surface area contributed by atoms with E-state index in [4.69, 9.17) is 9.47 Å². The fourth-order valence-electron chi connectivity index (χ4n) is 3.18. The van der Waals surface area contributed by atoms with Crippen LogP contribution in [0.15, 0.2) is 42.5 Å². The van der Waals surface area contributed by atoms with Crippen molar-refractivity contribution in [2.24, 2.45) is 0 Å². The van der Waals surface area contributed by atoms with Crippen LogP contribution in [0.3, 0.4) is 0 Å². The van der Waals surface area contributed by atoms with Gasteiger partial charge in [0.15, 0.2) is 6.61 Å². The molecule has 4 amide bonds. The summed E-state index contributed by atoms with van der Waals surface area (Å²) in [5.74, 6) is 0.0223. The summed E-state index contributed by atoms with van der Waals surface area (Å²) in [4.78, 5) is 37.5. The topological polar surface area (TPSA) is 97.0 Å². The molecule has 1 heterocycles. The number of hydrogen-bond donors (Lipinski definition) is 2.